The number of piperidine rings is 1. The van der Waals surface area contributed by atoms with Crippen molar-refractivity contribution >= 4 is 10.0 Å². The van der Waals surface area contributed by atoms with Crippen LogP contribution in [0.4, 0.5) is 0 Å². The molecule has 0 radical (unpaired) electrons. The maximum absolute atomic E-state index is 11.1. The van der Waals surface area contributed by atoms with Crippen LogP contribution in [-0.4, -0.2) is 52.6 Å². The highest BCUT2D eigenvalue weighted by atomic mass is 32.2. The van der Waals surface area contributed by atoms with E-state index in [4.69, 9.17) is 9.88 Å². The molecule has 6 nitrogen and oxygen atoms in total. The van der Waals surface area contributed by atoms with Crippen molar-refractivity contribution in [3.63, 3.8) is 0 Å². The molecular weight excluding hydrogens is 290 g/mol. The first-order valence-electron chi connectivity index (χ1n) is 7.13. The van der Waals surface area contributed by atoms with Crippen LogP contribution in [-0.2, 0) is 10.0 Å². The maximum atomic E-state index is 11.1. The zero-order valence-electron chi connectivity index (χ0n) is 12.3. The lowest BCUT2D eigenvalue weighted by molar-refractivity contribution is 0.168. The summed E-state index contributed by atoms with van der Waals surface area (Å²) in [6.45, 7) is 3.54. The van der Waals surface area contributed by atoms with Gasteiger partial charge in [-0.25, -0.2) is 13.6 Å². The highest BCUT2D eigenvalue weighted by molar-refractivity contribution is 7.89. The Kier molecular flexibility index (Phi) is 5.58. The molecule has 0 aromatic heterocycles. The van der Waals surface area contributed by atoms with Crippen LogP contribution in [0.15, 0.2) is 29.2 Å². The summed E-state index contributed by atoms with van der Waals surface area (Å²) in [6, 6.07) is 6.73. The zero-order chi connectivity index (χ0) is 15.3. The Balaban J connectivity index is 1.78. The SMILES string of the molecule is CN(CCOc1ccc(S(N)(=O)=O)cc1)C1CCCNC1. The molecule has 118 valence electrons. The number of nitrogens with two attached hydrogens (primary N) is 1. The molecule has 0 bridgehead atoms. The number of sulfonamides is 1. The van der Waals surface area contributed by atoms with Gasteiger partial charge in [0, 0.05) is 19.1 Å². The first-order valence-corrected chi connectivity index (χ1v) is 8.68. The third-order valence-corrected chi connectivity index (χ3v) is 4.69. The average molecular weight is 313 g/mol. The predicted molar refractivity (Wildman–Crippen MR) is 81.8 cm³/mol. The van der Waals surface area contributed by atoms with Gasteiger partial charge in [0.1, 0.15) is 12.4 Å². The molecule has 21 heavy (non-hydrogen) atoms. The molecule has 0 aliphatic carbocycles. The molecule has 7 heteroatoms. The molecule has 1 aliphatic rings. The van der Waals surface area contributed by atoms with Gasteiger partial charge in [-0.1, -0.05) is 0 Å². The number of primary sulfonamides is 1. The lowest BCUT2D eigenvalue weighted by atomic mass is 10.1. The molecular formula is C14H23N3O3S. The van der Waals surface area contributed by atoms with Gasteiger partial charge in [0.05, 0.1) is 4.90 Å². The lowest BCUT2D eigenvalue weighted by Gasteiger charge is -2.31. The number of nitrogens with one attached hydrogen (secondary N) is 1. The van der Waals surface area contributed by atoms with Crippen molar-refractivity contribution in [1.29, 1.82) is 0 Å². The number of hydrogen-bond acceptors (Lipinski definition) is 5. The molecule has 1 unspecified atom stereocenters. The van der Waals surface area contributed by atoms with Gasteiger partial charge < -0.3 is 10.1 Å². The van der Waals surface area contributed by atoms with E-state index in [9.17, 15) is 8.42 Å². The van der Waals surface area contributed by atoms with Gasteiger partial charge in [-0.3, -0.25) is 4.90 Å². The minimum Gasteiger partial charge on any atom is -0.492 e. The number of hydrogen-bond donors (Lipinski definition) is 2. The van der Waals surface area contributed by atoms with Crippen LogP contribution >= 0.6 is 0 Å². The fourth-order valence-electron chi connectivity index (χ4n) is 2.43. The van der Waals surface area contributed by atoms with E-state index in [0.717, 1.165) is 19.6 Å². The molecule has 0 spiro atoms. The second kappa shape index (κ2) is 7.22. The van der Waals surface area contributed by atoms with Gasteiger partial charge in [-0.2, -0.15) is 0 Å². The molecule has 1 saturated heterocycles. The van der Waals surface area contributed by atoms with E-state index in [2.05, 4.69) is 17.3 Å². The lowest BCUT2D eigenvalue weighted by Crippen LogP contribution is -2.45. The number of nitrogens with zero attached hydrogens (tertiary/aromatic N) is 1. The number of benzene rings is 1. The van der Waals surface area contributed by atoms with Crippen molar-refractivity contribution < 1.29 is 13.2 Å². The Hall–Kier alpha value is -1.15. The first kappa shape index (κ1) is 16.2. The minimum absolute atomic E-state index is 0.0975. The van der Waals surface area contributed by atoms with Crippen molar-refractivity contribution in [1.82, 2.24) is 10.2 Å². The van der Waals surface area contributed by atoms with Gasteiger partial charge in [0.15, 0.2) is 0 Å². The van der Waals surface area contributed by atoms with Crippen molar-refractivity contribution in [2.24, 2.45) is 5.14 Å². The molecule has 0 amide bonds. The van der Waals surface area contributed by atoms with Crippen molar-refractivity contribution in [2.45, 2.75) is 23.8 Å². The van der Waals surface area contributed by atoms with Crippen LogP contribution in [0.1, 0.15) is 12.8 Å². The Morgan fingerprint density at radius 3 is 2.67 bits per heavy atom. The maximum Gasteiger partial charge on any atom is 0.238 e. The Bertz CT molecular complexity index is 539. The summed E-state index contributed by atoms with van der Waals surface area (Å²) < 4.78 is 27.9. The van der Waals surface area contributed by atoms with Crippen LogP contribution in [0.5, 0.6) is 5.75 Å². The largest absolute Gasteiger partial charge is 0.492 e. The molecule has 1 heterocycles. The van der Waals surface area contributed by atoms with Crippen LogP contribution < -0.4 is 15.2 Å². The fraction of sp³-hybridized carbons (Fsp3) is 0.571. The Morgan fingerprint density at radius 1 is 1.38 bits per heavy atom. The summed E-state index contributed by atoms with van der Waals surface area (Å²) in [7, 11) is -1.54. The van der Waals surface area contributed by atoms with Gasteiger partial charge >= 0.3 is 0 Å². The second-order valence-electron chi connectivity index (χ2n) is 5.35. The molecule has 1 aliphatic heterocycles. The van der Waals surface area contributed by atoms with Gasteiger partial charge in [-0.05, 0) is 50.7 Å². The van der Waals surface area contributed by atoms with E-state index in [1.165, 1.54) is 25.0 Å². The normalized spacial score (nSPS) is 19.7. The molecule has 1 aromatic rings. The van der Waals surface area contributed by atoms with Crippen molar-refractivity contribution in [3.8, 4) is 5.75 Å². The minimum atomic E-state index is -3.64. The average Bonchev–Trinajstić information content (AvgIpc) is 2.47. The second-order valence-corrected chi connectivity index (χ2v) is 6.91. The molecule has 3 N–H and O–H groups in total. The highest BCUT2D eigenvalue weighted by Crippen LogP contribution is 2.15. The first-order chi connectivity index (χ1) is 9.97. The van der Waals surface area contributed by atoms with Gasteiger partial charge in [0.2, 0.25) is 10.0 Å². The Labute approximate surface area is 126 Å². The van der Waals surface area contributed by atoms with Gasteiger partial charge in [0.25, 0.3) is 0 Å². The van der Waals surface area contributed by atoms with Crippen LogP contribution in [0, 0.1) is 0 Å². The summed E-state index contributed by atoms with van der Waals surface area (Å²) >= 11 is 0. The summed E-state index contributed by atoms with van der Waals surface area (Å²) in [6.07, 6.45) is 2.43. The van der Waals surface area contributed by atoms with Crippen LogP contribution in [0.25, 0.3) is 0 Å². The van der Waals surface area contributed by atoms with E-state index in [-0.39, 0.29) is 4.90 Å². The summed E-state index contributed by atoms with van der Waals surface area (Å²) in [4.78, 5) is 2.39. The van der Waals surface area contributed by atoms with Crippen LogP contribution in [0.2, 0.25) is 0 Å². The number of rotatable bonds is 6. The van der Waals surface area contributed by atoms with Crippen molar-refractivity contribution in [2.75, 3.05) is 33.3 Å². The standard InChI is InChI=1S/C14H23N3O3S/c1-17(12-3-2-8-16-11-12)9-10-20-13-4-6-14(7-5-13)21(15,18)19/h4-7,12,16H,2-3,8-11H2,1H3,(H2,15,18,19). The number of ether oxygens (including phenoxy) is 1. The van der Waals surface area contributed by atoms with E-state index in [1.807, 2.05) is 0 Å². The molecule has 1 atom stereocenters. The van der Waals surface area contributed by atoms with E-state index < -0.39 is 10.0 Å². The fourth-order valence-corrected chi connectivity index (χ4v) is 2.94. The van der Waals surface area contributed by atoms with Crippen molar-refractivity contribution in [3.05, 3.63) is 24.3 Å². The Morgan fingerprint density at radius 2 is 2.10 bits per heavy atom. The molecule has 0 saturated carbocycles. The van der Waals surface area contributed by atoms with E-state index >= 15 is 0 Å². The molecule has 2 rings (SSSR count). The monoisotopic (exact) mass is 313 g/mol. The van der Waals surface area contributed by atoms with Gasteiger partial charge in [-0.15, -0.1) is 0 Å². The summed E-state index contributed by atoms with van der Waals surface area (Å²) in [5, 5.41) is 8.44. The summed E-state index contributed by atoms with van der Waals surface area (Å²) in [5.74, 6) is 0.651. The highest BCUT2D eigenvalue weighted by Gasteiger charge is 2.17. The van der Waals surface area contributed by atoms with E-state index in [0.29, 0.717) is 18.4 Å². The molecule has 1 fully saturated rings. The van der Waals surface area contributed by atoms with Crippen LogP contribution in [0.3, 0.4) is 0 Å². The third kappa shape index (κ3) is 4.96. The topological polar surface area (TPSA) is 84.7 Å². The molecule has 1 aromatic carbocycles. The smallest absolute Gasteiger partial charge is 0.238 e. The van der Waals surface area contributed by atoms with E-state index in [1.54, 1.807) is 12.1 Å². The number of likely N-dealkylation sites (N-methyl/N-ethyl adjacent to an activating group) is 1. The summed E-state index contributed by atoms with van der Waals surface area (Å²) in [5.41, 5.74) is 0. The zero-order valence-corrected chi connectivity index (χ0v) is 13.1. The predicted octanol–water partition coefficient (Wildman–Crippen LogP) is 0.397. The third-order valence-electron chi connectivity index (χ3n) is 3.76. The quantitative estimate of drug-likeness (QED) is 0.794.